The molecule has 0 aliphatic carbocycles. The number of hydrogen-bond acceptors (Lipinski definition) is 5. The van der Waals surface area contributed by atoms with Crippen LogP contribution in [0.4, 0.5) is 0 Å². The van der Waals surface area contributed by atoms with Gasteiger partial charge in [0.15, 0.2) is 0 Å². The molecule has 0 saturated carbocycles. The van der Waals surface area contributed by atoms with Crippen LogP contribution in [-0.4, -0.2) is 34.5 Å². The van der Waals surface area contributed by atoms with Crippen molar-refractivity contribution in [3.05, 3.63) is 35.5 Å². The van der Waals surface area contributed by atoms with E-state index in [-0.39, 0.29) is 11.9 Å². The number of amides is 1. The first-order valence-electron chi connectivity index (χ1n) is 7.15. The summed E-state index contributed by atoms with van der Waals surface area (Å²) in [4.78, 5) is 21.5. The van der Waals surface area contributed by atoms with Crippen molar-refractivity contribution in [3.63, 3.8) is 0 Å². The number of piperidine rings is 1. The average molecular weight is 302 g/mol. The highest BCUT2D eigenvalue weighted by molar-refractivity contribution is 7.16. The second kappa shape index (κ2) is 6.32. The number of thiazole rings is 1. The van der Waals surface area contributed by atoms with Gasteiger partial charge < -0.3 is 10.6 Å². The maximum atomic E-state index is 12.3. The van der Waals surface area contributed by atoms with Crippen molar-refractivity contribution in [2.75, 3.05) is 6.54 Å². The van der Waals surface area contributed by atoms with Crippen LogP contribution in [0, 0.1) is 0 Å². The Morgan fingerprint density at radius 1 is 1.43 bits per heavy atom. The molecule has 0 spiro atoms. The summed E-state index contributed by atoms with van der Waals surface area (Å²) < 4.78 is 0. The summed E-state index contributed by atoms with van der Waals surface area (Å²) in [5.74, 6) is -0.0461. The van der Waals surface area contributed by atoms with Crippen LogP contribution >= 0.6 is 11.3 Å². The molecule has 1 aliphatic heterocycles. The fourth-order valence-electron chi connectivity index (χ4n) is 2.47. The van der Waals surface area contributed by atoms with Gasteiger partial charge in [-0.15, -0.1) is 11.3 Å². The molecule has 21 heavy (non-hydrogen) atoms. The molecule has 2 aromatic heterocycles. The fraction of sp³-hybridized carbons (Fsp3) is 0.400. The lowest BCUT2D eigenvalue weighted by molar-refractivity contribution is 0.0924. The number of rotatable bonds is 3. The fourth-order valence-corrected chi connectivity index (χ4v) is 3.26. The maximum absolute atomic E-state index is 12.3. The minimum Gasteiger partial charge on any atom is -0.347 e. The van der Waals surface area contributed by atoms with Gasteiger partial charge in [0, 0.05) is 18.3 Å². The van der Waals surface area contributed by atoms with E-state index in [4.69, 9.17) is 0 Å². The molecule has 1 saturated heterocycles. The van der Waals surface area contributed by atoms with E-state index in [2.05, 4.69) is 27.5 Å². The molecule has 5 nitrogen and oxygen atoms in total. The van der Waals surface area contributed by atoms with Crippen LogP contribution in [0.1, 0.15) is 29.4 Å². The standard InChI is InChI=1S/C15H18N4OS/c1-10-11(6-4-8-16-10)19-14(20)13-9-18-15(21-13)12-5-2-3-7-17-12/h2-3,5,7,9-11,16H,4,6,8H2,1H3,(H,19,20). The lowest BCUT2D eigenvalue weighted by Crippen LogP contribution is -2.51. The van der Waals surface area contributed by atoms with E-state index in [0.717, 1.165) is 30.1 Å². The number of carbonyl (C=O) groups is 1. The Morgan fingerprint density at radius 3 is 3.10 bits per heavy atom. The summed E-state index contributed by atoms with van der Waals surface area (Å²) in [6.07, 6.45) is 5.47. The molecule has 3 rings (SSSR count). The third-order valence-corrected chi connectivity index (χ3v) is 4.71. The molecule has 2 unspecified atom stereocenters. The topological polar surface area (TPSA) is 66.9 Å². The molecule has 110 valence electrons. The summed E-state index contributed by atoms with van der Waals surface area (Å²) in [7, 11) is 0. The maximum Gasteiger partial charge on any atom is 0.263 e. The summed E-state index contributed by atoms with van der Waals surface area (Å²) in [5, 5.41) is 7.25. The highest BCUT2D eigenvalue weighted by Gasteiger charge is 2.23. The van der Waals surface area contributed by atoms with Crippen LogP contribution in [0.15, 0.2) is 30.6 Å². The van der Waals surface area contributed by atoms with Crippen molar-refractivity contribution in [2.24, 2.45) is 0 Å². The van der Waals surface area contributed by atoms with Crippen molar-refractivity contribution in [1.29, 1.82) is 0 Å². The molecule has 0 bridgehead atoms. The summed E-state index contributed by atoms with van der Waals surface area (Å²) >= 11 is 1.38. The van der Waals surface area contributed by atoms with Gasteiger partial charge in [-0.25, -0.2) is 4.98 Å². The smallest absolute Gasteiger partial charge is 0.263 e. The number of nitrogens with one attached hydrogen (secondary N) is 2. The van der Waals surface area contributed by atoms with E-state index < -0.39 is 0 Å². The lowest BCUT2D eigenvalue weighted by Gasteiger charge is -2.30. The third-order valence-electron chi connectivity index (χ3n) is 3.69. The van der Waals surface area contributed by atoms with Crippen LogP contribution < -0.4 is 10.6 Å². The van der Waals surface area contributed by atoms with Gasteiger partial charge in [-0.3, -0.25) is 9.78 Å². The number of aromatic nitrogens is 2. The zero-order valence-electron chi connectivity index (χ0n) is 11.9. The van der Waals surface area contributed by atoms with Crippen LogP contribution in [0.25, 0.3) is 10.7 Å². The average Bonchev–Trinajstić information content (AvgIpc) is 3.00. The van der Waals surface area contributed by atoms with Crippen LogP contribution in [0.5, 0.6) is 0 Å². The Bertz CT molecular complexity index is 613. The van der Waals surface area contributed by atoms with E-state index in [1.807, 2.05) is 18.2 Å². The Balaban J connectivity index is 1.69. The van der Waals surface area contributed by atoms with E-state index in [1.165, 1.54) is 11.3 Å². The lowest BCUT2D eigenvalue weighted by atomic mass is 10.00. The van der Waals surface area contributed by atoms with Crippen LogP contribution in [0.3, 0.4) is 0 Å². The molecule has 1 fully saturated rings. The molecule has 2 atom stereocenters. The first kappa shape index (κ1) is 14.2. The summed E-state index contributed by atoms with van der Waals surface area (Å²) in [6.45, 7) is 3.13. The van der Waals surface area contributed by atoms with E-state index in [0.29, 0.717) is 10.9 Å². The van der Waals surface area contributed by atoms with Crippen LogP contribution in [0.2, 0.25) is 0 Å². The number of nitrogens with zero attached hydrogens (tertiary/aromatic N) is 2. The van der Waals surface area contributed by atoms with E-state index in [1.54, 1.807) is 12.4 Å². The molecule has 3 heterocycles. The normalized spacial score (nSPS) is 22.0. The Labute approximate surface area is 127 Å². The predicted molar refractivity (Wildman–Crippen MR) is 83.3 cm³/mol. The quantitative estimate of drug-likeness (QED) is 0.911. The first-order valence-corrected chi connectivity index (χ1v) is 7.97. The molecule has 2 aromatic rings. The Hall–Kier alpha value is -1.79. The minimum atomic E-state index is -0.0461. The van der Waals surface area contributed by atoms with Crippen molar-refractivity contribution in [1.82, 2.24) is 20.6 Å². The highest BCUT2D eigenvalue weighted by Crippen LogP contribution is 2.23. The van der Waals surface area contributed by atoms with E-state index >= 15 is 0 Å². The Kier molecular flexibility index (Phi) is 4.26. The van der Waals surface area contributed by atoms with Crippen LogP contribution in [-0.2, 0) is 0 Å². The predicted octanol–water partition coefficient (Wildman–Crippen LogP) is 2.08. The molecule has 2 N–H and O–H groups in total. The molecule has 0 radical (unpaired) electrons. The number of pyridine rings is 1. The van der Waals surface area contributed by atoms with Gasteiger partial charge in [-0.1, -0.05) is 6.07 Å². The van der Waals surface area contributed by atoms with Crippen molar-refractivity contribution in [3.8, 4) is 10.7 Å². The largest absolute Gasteiger partial charge is 0.347 e. The SMILES string of the molecule is CC1NCCCC1NC(=O)c1cnc(-c2ccccn2)s1. The van der Waals surface area contributed by atoms with Gasteiger partial charge in [0.25, 0.3) is 5.91 Å². The zero-order valence-corrected chi connectivity index (χ0v) is 12.7. The van der Waals surface area contributed by atoms with Gasteiger partial charge in [0.1, 0.15) is 9.88 Å². The van der Waals surface area contributed by atoms with Gasteiger partial charge in [0.05, 0.1) is 11.9 Å². The highest BCUT2D eigenvalue weighted by atomic mass is 32.1. The molecule has 1 aliphatic rings. The summed E-state index contributed by atoms with van der Waals surface area (Å²) in [5.41, 5.74) is 0.800. The zero-order chi connectivity index (χ0) is 14.7. The van der Waals surface area contributed by atoms with Gasteiger partial charge in [-0.05, 0) is 38.4 Å². The molecule has 0 aromatic carbocycles. The van der Waals surface area contributed by atoms with Crippen molar-refractivity contribution in [2.45, 2.75) is 31.8 Å². The molecule has 1 amide bonds. The second-order valence-corrected chi connectivity index (χ2v) is 6.24. The van der Waals surface area contributed by atoms with Gasteiger partial charge in [-0.2, -0.15) is 0 Å². The van der Waals surface area contributed by atoms with Gasteiger partial charge >= 0.3 is 0 Å². The summed E-state index contributed by atoms with van der Waals surface area (Å²) in [6, 6.07) is 6.17. The van der Waals surface area contributed by atoms with Crippen molar-refractivity contribution < 1.29 is 4.79 Å². The molecule has 6 heteroatoms. The van der Waals surface area contributed by atoms with Crippen molar-refractivity contribution >= 4 is 17.2 Å². The van der Waals surface area contributed by atoms with E-state index in [9.17, 15) is 4.79 Å². The monoisotopic (exact) mass is 302 g/mol. The minimum absolute atomic E-state index is 0.0461. The molecular weight excluding hydrogens is 284 g/mol. The second-order valence-electron chi connectivity index (χ2n) is 5.21. The third kappa shape index (κ3) is 3.28. The Morgan fingerprint density at radius 2 is 2.33 bits per heavy atom. The first-order chi connectivity index (χ1) is 10.2. The number of hydrogen-bond donors (Lipinski definition) is 2. The molecular formula is C15H18N4OS. The number of carbonyl (C=O) groups excluding carboxylic acids is 1. The van der Waals surface area contributed by atoms with Gasteiger partial charge in [0.2, 0.25) is 0 Å².